The molecule has 2 rings (SSSR count). The van der Waals surface area contributed by atoms with Gasteiger partial charge in [-0.2, -0.15) is 0 Å². The molecule has 0 saturated carbocycles. The van der Waals surface area contributed by atoms with Gasteiger partial charge in [-0.05, 0) is 19.1 Å². The van der Waals surface area contributed by atoms with Crippen molar-refractivity contribution in [2.75, 3.05) is 11.9 Å². The topological polar surface area (TPSA) is 42.1 Å². The van der Waals surface area contributed by atoms with Crippen molar-refractivity contribution in [3.8, 4) is 0 Å². The maximum Gasteiger partial charge on any atom is 0.133 e. The number of aromatic nitrogens is 1. The van der Waals surface area contributed by atoms with Gasteiger partial charge in [-0.25, -0.2) is 9.37 Å². The van der Waals surface area contributed by atoms with Gasteiger partial charge in [-0.3, -0.25) is 0 Å². The number of anilines is 1. The summed E-state index contributed by atoms with van der Waals surface area (Å²) in [7, 11) is 1.89. The quantitative estimate of drug-likeness (QED) is 0.918. The molecule has 1 aromatic carbocycles. The zero-order valence-corrected chi connectivity index (χ0v) is 11.2. The molecule has 0 bridgehead atoms. The molecule has 19 heavy (non-hydrogen) atoms. The molecule has 2 N–H and O–H groups in total. The Kier molecular flexibility index (Phi) is 4.12. The first-order valence-electron chi connectivity index (χ1n) is 6.24. The second-order valence-electron chi connectivity index (χ2n) is 4.65. The van der Waals surface area contributed by atoms with Crippen molar-refractivity contribution in [3.05, 3.63) is 59.5 Å². The first-order chi connectivity index (χ1) is 9.09. The molecule has 0 aliphatic carbocycles. The van der Waals surface area contributed by atoms with Gasteiger partial charge in [-0.15, -0.1) is 0 Å². The highest BCUT2D eigenvalue weighted by Gasteiger charge is 2.13. The van der Waals surface area contributed by atoms with Crippen LogP contribution in [0.2, 0.25) is 0 Å². The number of hydrogen-bond donors (Lipinski definition) is 1. The summed E-state index contributed by atoms with van der Waals surface area (Å²) in [5, 5.41) is 0. The van der Waals surface area contributed by atoms with Gasteiger partial charge in [0.15, 0.2) is 0 Å². The number of halogens is 1. The molecule has 1 aromatic heterocycles. The van der Waals surface area contributed by atoms with E-state index >= 15 is 0 Å². The third kappa shape index (κ3) is 3.09. The predicted molar refractivity (Wildman–Crippen MR) is 75.3 cm³/mol. The lowest BCUT2D eigenvalue weighted by Gasteiger charge is -2.22. The number of pyridine rings is 1. The molecule has 0 unspecified atom stereocenters. The molecule has 3 nitrogen and oxygen atoms in total. The molecule has 2 aromatic rings. The SMILES string of the molecule is C[C@@H](N)c1cccnc1N(C)Cc1ccccc1F. The molecule has 0 saturated heterocycles. The van der Waals surface area contributed by atoms with Gasteiger partial charge < -0.3 is 10.6 Å². The van der Waals surface area contributed by atoms with E-state index in [0.29, 0.717) is 12.1 Å². The van der Waals surface area contributed by atoms with Crippen LogP contribution >= 0.6 is 0 Å². The lowest BCUT2D eigenvalue weighted by Crippen LogP contribution is -2.22. The van der Waals surface area contributed by atoms with Crippen molar-refractivity contribution in [2.45, 2.75) is 19.5 Å². The smallest absolute Gasteiger partial charge is 0.133 e. The standard InChI is InChI=1S/C15H18FN3/c1-11(17)13-7-5-9-18-15(13)19(2)10-12-6-3-4-8-14(12)16/h3-9,11H,10,17H2,1-2H3/t11-/m1/s1. The molecule has 100 valence electrons. The van der Waals surface area contributed by atoms with Gasteiger partial charge in [-0.1, -0.05) is 24.3 Å². The molecular formula is C15H18FN3. The van der Waals surface area contributed by atoms with Gasteiger partial charge in [0.2, 0.25) is 0 Å². The first-order valence-corrected chi connectivity index (χ1v) is 6.24. The Labute approximate surface area is 112 Å². The number of benzene rings is 1. The van der Waals surface area contributed by atoms with Crippen LogP contribution in [-0.2, 0) is 6.54 Å². The molecule has 0 aliphatic heterocycles. The maximum atomic E-state index is 13.7. The lowest BCUT2D eigenvalue weighted by molar-refractivity contribution is 0.607. The Morgan fingerprint density at radius 2 is 2.00 bits per heavy atom. The van der Waals surface area contributed by atoms with Crippen LogP contribution in [-0.4, -0.2) is 12.0 Å². The van der Waals surface area contributed by atoms with Gasteiger partial charge in [0, 0.05) is 37.0 Å². The first kappa shape index (κ1) is 13.5. The van der Waals surface area contributed by atoms with Crippen LogP contribution in [0.25, 0.3) is 0 Å². The maximum absolute atomic E-state index is 13.7. The highest BCUT2D eigenvalue weighted by atomic mass is 19.1. The fourth-order valence-electron chi connectivity index (χ4n) is 2.04. The Bertz CT molecular complexity index is 555. The summed E-state index contributed by atoms with van der Waals surface area (Å²) in [5.74, 6) is 0.591. The van der Waals surface area contributed by atoms with E-state index in [1.165, 1.54) is 6.07 Å². The van der Waals surface area contributed by atoms with Gasteiger partial charge in [0.1, 0.15) is 11.6 Å². The highest BCUT2D eigenvalue weighted by Crippen LogP contribution is 2.23. The molecule has 4 heteroatoms. The lowest BCUT2D eigenvalue weighted by atomic mass is 10.1. The normalized spacial score (nSPS) is 12.2. The Morgan fingerprint density at radius 1 is 1.26 bits per heavy atom. The van der Waals surface area contributed by atoms with E-state index in [0.717, 1.165) is 11.4 Å². The molecule has 0 amide bonds. The van der Waals surface area contributed by atoms with Crippen LogP contribution in [0.1, 0.15) is 24.1 Å². The summed E-state index contributed by atoms with van der Waals surface area (Å²) in [6.07, 6.45) is 1.72. The minimum Gasteiger partial charge on any atom is -0.355 e. The van der Waals surface area contributed by atoms with Crippen molar-refractivity contribution in [3.63, 3.8) is 0 Å². The fraction of sp³-hybridized carbons (Fsp3) is 0.267. The number of nitrogens with zero attached hydrogens (tertiary/aromatic N) is 2. The van der Waals surface area contributed by atoms with E-state index in [9.17, 15) is 4.39 Å². The van der Waals surface area contributed by atoms with Crippen molar-refractivity contribution >= 4 is 5.82 Å². The van der Waals surface area contributed by atoms with Crippen molar-refractivity contribution in [1.82, 2.24) is 4.98 Å². The second-order valence-corrected chi connectivity index (χ2v) is 4.65. The van der Waals surface area contributed by atoms with Crippen LogP contribution in [0.4, 0.5) is 10.2 Å². The average Bonchev–Trinajstić information content (AvgIpc) is 2.41. The molecule has 0 aliphatic rings. The van der Waals surface area contributed by atoms with Crippen LogP contribution in [0, 0.1) is 5.82 Å². The summed E-state index contributed by atoms with van der Waals surface area (Å²) >= 11 is 0. The van der Waals surface area contributed by atoms with Crippen molar-refractivity contribution in [2.24, 2.45) is 5.73 Å². The zero-order chi connectivity index (χ0) is 13.8. The molecule has 0 radical (unpaired) electrons. The minimum absolute atomic E-state index is 0.105. The van der Waals surface area contributed by atoms with E-state index in [2.05, 4.69) is 4.98 Å². The largest absolute Gasteiger partial charge is 0.355 e. The number of nitrogens with two attached hydrogens (primary N) is 1. The van der Waals surface area contributed by atoms with Crippen molar-refractivity contribution < 1.29 is 4.39 Å². The molecule has 1 atom stereocenters. The average molecular weight is 259 g/mol. The fourth-order valence-corrected chi connectivity index (χ4v) is 2.04. The number of rotatable bonds is 4. The van der Waals surface area contributed by atoms with E-state index < -0.39 is 0 Å². The summed E-state index contributed by atoms with van der Waals surface area (Å²) < 4.78 is 13.7. The third-order valence-corrected chi connectivity index (χ3v) is 3.03. The highest BCUT2D eigenvalue weighted by molar-refractivity contribution is 5.48. The van der Waals surface area contributed by atoms with Gasteiger partial charge >= 0.3 is 0 Å². The monoisotopic (exact) mass is 259 g/mol. The minimum atomic E-state index is -0.201. The molecule has 0 fully saturated rings. The molecular weight excluding hydrogens is 241 g/mol. The summed E-state index contributed by atoms with van der Waals surface area (Å²) in [6, 6.07) is 10.5. The van der Waals surface area contributed by atoms with E-state index in [1.54, 1.807) is 18.3 Å². The van der Waals surface area contributed by atoms with Crippen LogP contribution in [0.3, 0.4) is 0 Å². The van der Waals surface area contributed by atoms with Crippen LogP contribution in [0.15, 0.2) is 42.6 Å². The summed E-state index contributed by atoms with van der Waals surface area (Å²) in [4.78, 5) is 6.26. The second kappa shape index (κ2) is 5.80. The van der Waals surface area contributed by atoms with Crippen molar-refractivity contribution in [1.29, 1.82) is 0 Å². The molecule has 1 heterocycles. The van der Waals surface area contributed by atoms with E-state index in [1.807, 2.05) is 37.1 Å². The van der Waals surface area contributed by atoms with Gasteiger partial charge in [0.05, 0.1) is 0 Å². The van der Waals surface area contributed by atoms with E-state index in [-0.39, 0.29) is 11.9 Å². The third-order valence-electron chi connectivity index (χ3n) is 3.03. The molecule has 0 spiro atoms. The Hall–Kier alpha value is -1.94. The predicted octanol–water partition coefficient (Wildman–Crippen LogP) is 2.88. The zero-order valence-electron chi connectivity index (χ0n) is 11.2. The summed E-state index contributed by atoms with van der Waals surface area (Å²) in [5.41, 5.74) is 7.54. The van der Waals surface area contributed by atoms with E-state index in [4.69, 9.17) is 5.73 Å². The Morgan fingerprint density at radius 3 is 2.68 bits per heavy atom. The van der Waals surface area contributed by atoms with Crippen LogP contribution in [0.5, 0.6) is 0 Å². The number of hydrogen-bond acceptors (Lipinski definition) is 3. The van der Waals surface area contributed by atoms with Gasteiger partial charge in [0.25, 0.3) is 0 Å². The Balaban J connectivity index is 2.26. The summed E-state index contributed by atoms with van der Waals surface area (Å²) in [6.45, 7) is 2.38. The van der Waals surface area contributed by atoms with Crippen LogP contribution < -0.4 is 10.6 Å².